The standard InChI is InChI=1S/C14H16OS/c1-16-10-13-9-12(7-8-14(13)15)11-5-3-2-4-6-11/h2-6,10,12H,7-9H2,1H3/b13-10-. The van der Waals surface area contributed by atoms with E-state index in [1.807, 2.05) is 17.7 Å². The molecule has 1 nitrogen and oxygen atoms in total. The monoisotopic (exact) mass is 232 g/mol. The highest BCUT2D eigenvalue weighted by Crippen LogP contribution is 2.34. The number of hydrogen-bond donors (Lipinski definition) is 0. The van der Waals surface area contributed by atoms with Crippen LogP contribution in [0.25, 0.3) is 0 Å². The molecule has 0 bridgehead atoms. The summed E-state index contributed by atoms with van der Waals surface area (Å²) in [4.78, 5) is 11.7. The van der Waals surface area contributed by atoms with Crippen molar-refractivity contribution in [2.45, 2.75) is 25.2 Å². The van der Waals surface area contributed by atoms with Crippen molar-refractivity contribution < 1.29 is 4.79 Å². The minimum atomic E-state index is 0.335. The van der Waals surface area contributed by atoms with E-state index in [0.717, 1.165) is 18.4 Å². The molecular weight excluding hydrogens is 216 g/mol. The summed E-state index contributed by atoms with van der Waals surface area (Å²) in [6.45, 7) is 0. The van der Waals surface area contributed by atoms with E-state index in [9.17, 15) is 4.79 Å². The largest absolute Gasteiger partial charge is 0.295 e. The summed E-state index contributed by atoms with van der Waals surface area (Å²) in [5, 5.41) is 2.01. The third-order valence-electron chi connectivity index (χ3n) is 3.08. The Hall–Kier alpha value is -1.02. The zero-order valence-electron chi connectivity index (χ0n) is 9.48. The van der Waals surface area contributed by atoms with E-state index in [2.05, 4.69) is 24.3 Å². The molecular formula is C14H16OS. The lowest BCUT2D eigenvalue weighted by molar-refractivity contribution is -0.116. The Kier molecular flexibility index (Phi) is 3.83. The minimum absolute atomic E-state index is 0.335. The van der Waals surface area contributed by atoms with Gasteiger partial charge in [-0.1, -0.05) is 30.3 Å². The van der Waals surface area contributed by atoms with Crippen molar-refractivity contribution in [2.75, 3.05) is 6.26 Å². The molecule has 0 saturated heterocycles. The van der Waals surface area contributed by atoms with Crippen LogP contribution in [0.2, 0.25) is 0 Å². The fraction of sp³-hybridized carbons (Fsp3) is 0.357. The van der Waals surface area contributed by atoms with E-state index < -0.39 is 0 Å². The number of carbonyl (C=O) groups excluding carboxylic acids is 1. The van der Waals surface area contributed by atoms with Crippen LogP contribution in [0.4, 0.5) is 0 Å². The van der Waals surface area contributed by atoms with Crippen molar-refractivity contribution >= 4 is 17.5 Å². The Morgan fingerprint density at radius 1 is 1.31 bits per heavy atom. The van der Waals surface area contributed by atoms with Crippen LogP contribution in [-0.2, 0) is 4.79 Å². The highest BCUT2D eigenvalue weighted by Gasteiger charge is 2.23. The van der Waals surface area contributed by atoms with E-state index in [1.165, 1.54) is 5.56 Å². The highest BCUT2D eigenvalue weighted by atomic mass is 32.2. The Labute approximate surface area is 101 Å². The lowest BCUT2D eigenvalue weighted by atomic mass is 9.81. The summed E-state index contributed by atoms with van der Waals surface area (Å²) in [6, 6.07) is 10.5. The maximum atomic E-state index is 11.7. The van der Waals surface area contributed by atoms with Gasteiger partial charge < -0.3 is 0 Å². The van der Waals surface area contributed by atoms with Crippen molar-refractivity contribution in [1.29, 1.82) is 0 Å². The summed E-state index contributed by atoms with van der Waals surface area (Å²) >= 11 is 1.63. The number of rotatable bonds is 2. The van der Waals surface area contributed by atoms with Gasteiger partial charge in [0.1, 0.15) is 0 Å². The molecule has 84 valence electrons. The first-order valence-corrected chi connectivity index (χ1v) is 6.90. The summed E-state index contributed by atoms with van der Waals surface area (Å²) in [7, 11) is 0. The first-order chi connectivity index (χ1) is 7.81. The molecule has 0 heterocycles. The van der Waals surface area contributed by atoms with Gasteiger partial charge in [0.15, 0.2) is 5.78 Å². The number of carbonyl (C=O) groups is 1. The summed E-state index contributed by atoms with van der Waals surface area (Å²) in [5.74, 6) is 0.860. The van der Waals surface area contributed by atoms with Crippen molar-refractivity contribution in [3.63, 3.8) is 0 Å². The lowest BCUT2D eigenvalue weighted by Gasteiger charge is -2.23. The van der Waals surface area contributed by atoms with E-state index in [-0.39, 0.29) is 0 Å². The van der Waals surface area contributed by atoms with Crippen molar-refractivity contribution in [2.24, 2.45) is 0 Å². The van der Waals surface area contributed by atoms with Gasteiger partial charge in [0.2, 0.25) is 0 Å². The summed E-state index contributed by atoms with van der Waals surface area (Å²) in [6.07, 6.45) is 4.61. The molecule has 0 N–H and O–H groups in total. The molecule has 0 amide bonds. The molecule has 2 rings (SSSR count). The first kappa shape index (κ1) is 11.5. The number of Topliss-reactive ketones (excluding diaryl/α,β-unsaturated/α-hetero) is 1. The average Bonchev–Trinajstić information content (AvgIpc) is 2.33. The number of thioether (sulfide) groups is 1. The smallest absolute Gasteiger partial charge is 0.159 e. The predicted octanol–water partition coefficient (Wildman–Crippen LogP) is 3.77. The maximum Gasteiger partial charge on any atom is 0.159 e. The van der Waals surface area contributed by atoms with Gasteiger partial charge in [-0.05, 0) is 36.0 Å². The molecule has 2 heteroatoms. The molecule has 1 atom stereocenters. The van der Waals surface area contributed by atoms with Gasteiger partial charge in [-0.15, -0.1) is 11.8 Å². The second-order valence-electron chi connectivity index (χ2n) is 4.15. The lowest BCUT2D eigenvalue weighted by Crippen LogP contribution is -2.15. The van der Waals surface area contributed by atoms with Crippen LogP contribution < -0.4 is 0 Å². The molecule has 0 aromatic heterocycles. The van der Waals surface area contributed by atoms with Crippen molar-refractivity contribution in [1.82, 2.24) is 0 Å². The Morgan fingerprint density at radius 2 is 2.06 bits per heavy atom. The minimum Gasteiger partial charge on any atom is -0.295 e. The van der Waals surface area contributed by atoms with Crippen LogP contribution >= 0.6 is 11.8 Å². The Morgan fingerprint density at radius 3 is 2.75 bits per heavy atom. The average molecular weight is 232 g/mol. The summed E-state index contributed by atoms with van der Waals surface area (Å²) < 4.78 is 0. The second-order valence-corrected chi connectivity index (χ2v) is 4.86. The molecule has 0 aliphatic heterocycles. The Balaban J connectivity index is 2.15. The van der Waals surface area contributed by atoms with Gasteiger partial charge in [-0.2, -0.15) is 0 Å². The maximum absolute atomic E-state index is 11.7. The number of benzene rings is 1. The fourth-order valence-corrected chi connectivity index (χ4v) is 2.73. The molecule has 1 unspecified atom stereocenters. The van der Waals surface area contributed by atoms with Gasteiger partial charge in [-0.25, -0.2) is 0 Å². The molecule has 16 heavy (non-hydrogen) atoms. The van der Waals surface area contributed by atoms with Crippen LogP contribution in [0.1, 0.15) is 30.7 Å². The number of ketones is 1. The normalized spacial score (nSPS) is 23.7. The molecule has 1 fully saturated rings. The van der Waals surface area contributed by atoms with Gasteiger partial charge in [0.25, 0.3) is 0 Å². The molecule has 1 aliphatic rings. The Bertz CT molecular complexity index is 394. The summed E-state index contributed by atoms with van der Waals surface area (Å²) in [5.41, 5.74) is 2.37. The van der Waals surface area contributed by atoms with E-state index in [1.54, 1.807) is 11.8 Å². The number of hydrogen-bond acceptors (Lipinski definition) is 2. The van der Waals surface area contributed by atoms with E-state index in [4.69, 9.17) is 0 Å². The second kappa shape index (κ2) is 5.35. The molecule has 0 radical (unpaired) electrons. The zero-order valence-corrected chi connectivity index (χ0v) is 10.3. The molecule has 1 aromatic carbocycles. The topological polar surface area (TPSA) is 17.1 Å². The zero-order chi connectivity index (χ0) is 11.4. The van der Waals surface area contributed by atoms with Crippen LogP contribution in [0.5, 0.6) is 0 Å². The van der Waals surface area contributed by atoms with E-state index in [0.29, 0.717) is 18.1 Å². The van der Waals surface area contributed by atoms with Crippen LogP contribution in [0.15, 0.2) is 41.3 Å². The predicted molar refractivity (Wildman–Crippen MR) is 69.6 cm³/mol. The number of allylic oxidation sites excluding steroid dienone is 1. The fourth-order valence-electron chi connectivity index (χ4n) is 2.21. The van der Waals surface area contributed by atoms with Crippen molar-refractivity contribution in [3.05, 3.63) is 46.9 Å². The van der Waals surface area contributed by atoms with E-state index >= 15 is 0 Å². The van der Waals surface area contributed by atoms with Gasteiger partial charge >= 0.3 is 0 Å². The first-order valence-electron chi connectivity index (χ1n) is 5.61. The van der Waals surface area contributed by atoms with Gasteiger partial charge in [-0.3, -0.25) is 4.79 Å². The third kappa shape index (κ3) is 2.56. The highest BCUT2D eigenvalue weighted by molar-refractivity contribution is 8.01. The molecule has 1 aliphatic carbocycles. The quantitative estimate of drug-likeness (QED) is 0.722. The molecule has 1 aromatic rings. The van der Waals surface area contributed by atoms with Gasteiger partial charge in [0, 0.05) is 12.0 Å². The SMILES string of the molecule is CS/C=C1/CC(c2ccccc2)CCC1=O. The van der Waals surface area contributed by atoms with Crippen LogP contribution in [0.3, 0.4) is 0 Å². The van der Waals surface area contributed by atoms with Crippen LogP contribution in [-0.4, -0.2) is 12.0 Å². The van der Waals surface area contributed by atoms with Crippen LogP contribution in [0, 0.1) is 0 Å². The molecule has 1 saturated carbocycles. The molecule has 0 spiro atoms. The third-order valence-corrected chi connectivity index (χ3v) is 3.60. The van der Waals surface area contributed by atoms with Gasteiger partial charge in [0.05, 0.1) is 0 Å². The van der Waals surface area contributed by atoms with Crippen molar-refractivity contribution in [3.8, 4) is 0 Å².